The summed E-state index contributed by atoms with van der Waals surface area (Å²) in [7, 11) is -4.60. The zero-order valence-electron chi connectivity index (χ0n) is 29.6. The molecule has 10 nitrogen and oxygen atoms in total. The first-order valence-electron chi connectivity index (χ1n) is 18.2. The average Bonchev–Trinajstić information content (AvgIpc) is 3.00. The number of aliphatic hydroxyl groups excluding tert-OH is 2. The number of esters is 2. The molecule has 0 radical (unpaired) electrons. The Balaban J connectivity index is 4.39. The molecule has 0 aliphatic rings. The molecule has 11 heteroatoms. The summed E-state index contributed by atoms with van der Waals surface area (Å²) in [5.41, 5.74) is 0. The Labute approximate surface area is 280 Å². The van der Waals surface area contributed by atoms with Crippen molar-refractivity contribution in [2.45, 2.75) is 175 Å². The zero-order chi connectivity index (χ0) is 34.5. The van der Waals surface area contributed by atoms with E-state index in [1.165, 1.54) is 70.6 Å². The lowest BCUT2D eigenvalue weighted by Crippen LogP contribution is -2.29. The molecule has 0 aromatic rings. The summed E-state index contributed by atoms with van der Waals surface area (Å²) in [6.07, 6.45) is 19.6. The van der Waals surface area contributed by atoms with Gasteiger partial charge in [-0.25, -0.2) is 4.57 Å². The first kappa shape index (κ1) is 45.0. The van der Waals surface area contributed by atoms with Gasteiger partial charge in [0.25, 0.3) is 0 Å². The van der Waals surface area contributed by atoms with Crippen LogP contribution in [-0.2, 0) is 32.7 Å². The number of hydrogen-bond donors (Lipinski definition) is 3. The van der Waals surface area contributed by atoms with Crippen LogP contribution in [0.1, 0.15) is 163 Å². The average molecular weight is 681 g/mol. The normalized spacial score (nSPS) is 14.4. The fourth-order valence-electron chi connectivity index (χ4n) is 5.01. The molecule has 0 rings (SSSR count). The molecule has 0 saturated heterocycles. The van der Waals surface area contributed by atoms with Crippen molar-refractivity contribution < 1.29 is 47.8 Å². The molecule has 3 N–H and O–H groups in total. The van der Waals surface area contributed by atoms with Crippen molar-refractivity contribution in [3.63, 3.8) is 0 Å². The topological polar surface area (TPSA) is 149 Å². The van der Waals surface area contributed by atoms with Gasteiger partial charge in [-0.2, -0.15) is 0 Å². The molecular weight excluding hydrogens is 611 g/mol. The maximum atomic E-state index is 12.5. The smallest absolute Gasteiger partial charge is 0.462 e. The second kappa shape index (κ2) is 30.1. The van der Waals surface area contributed by atoms with Crippen LogP contribution in [0.25, 0.3) is 0 Å². The molecule has 1 unspecified atom stereocenters. The predicted molar refractivity (Wildman–Crippen MR) is 182 cm³/mol. The predicted octanol–water partition coefficient (Wildman–Crippen LogP) is 8.43. The van der Waals surface area contributed by atoms with Crippen LogP contribution in [0.4, 0.5) is 0 Å². The van der Waals surface area contributed by atoms with Gasteiger partial charge in [-0.05, 0) is 24.7 Å². The summed E-state index contributed by atoms with van der Waals surface area (Å²) in [6.45, 7) is 6.93. The van der Waals surface area contributed by atoms with E-state index in [1.54, 1.807) is 0 Å². The largest absolute Gasteiger partial charge is 0.472 e. The van der Waals surface area contributed by atoms with Crippen LogP contribution in [0.5, 0.6) is 0 Å². The molecule has 0 aliphatic carbocycles. The van der Waals surface area contributed by atoms with Crippen molar-refractivity contribution in [1.82, 2.24) is 0 Å². The summed E-state index contributed by atoms with van der Waals surface area (Å²) in [5, 5.41) is 18.2. The van der Waals surface area contributed by atoms with E-state index in [9.17, 15) is 24.2 Å². The van der Waals surface area contributed by atoms with Gasteiger partial charge >= 0.3 is 19.8 Å². The molecule has 46 heavy (non-hydrogen) atoms. The van der Waals surface area contributed by atoms with E-state index in [1.807, 2.05) is 0 Å². The van der Waals surface area contributed by atoms with Gasteiger partial charge in [-0.15, -0.1) is 0 Å². The van der Waals surface area contributed by atoms with E-state index in [-0.39, 0.29) is 19.4 Å². The van der Waals surface area contributed by atoms with Crippen LogP contribution < -0.4 is 0 Å². The molecular formula is C35H69O10P. The number of unbranched alkanes of at least 4 members (excludes halogenated alkanes) is 15. The van der Waals surface area contributed by atoms with Crippen molar-refractivity contribution in [2.75, 3.05) is 26.4 Å². The number of carbonyl (C=O) groups is 2. The summed E-state index contributed by atoms with van der Waals surface area (Å²) in [4.78, 5) is 34.7. The molecule has 0 spiro atoms. The van der Waals surface area contributed by atoms with Crippen LogP contribution in [0.15, 0.2) is 0 Å². The van der Waals surface area contributed by atoms with Gasteiger partial charge in [0.2, 0.25) is 0 Å². The second-order valence-corrected chi connectivity index (χ2v) is 15.0. The molecule has 0 heterocycles. The van der Waals surface area contributed by atoms with E-state index in [4.69, 9.17) is 19.1 Å². The molecule has 0 amide bonds. The summed E-state index contributed by atoms with van der Waals surface area (Å²) >= 11 is 0. The van der Waals surface area contributed by atoms with Crippen molar-refractivity contribution in [1.29, 1.82) is 0 Å². The Morgan fingerprint density at radius 2 is 0.978 bits per heavy atom. The van der Waals surface area contributed by atoms with Crippen molar-refractivity contribution in [2.24, 2.45) is 11.8 Å². The zero-order valence-corrected chi connectivity index (χ0v) is 30.5. The van der Waals surface area contributed by atoms with E-state index in [0.29, 0.717) is 12.8 Å². The second-order valence-electron chi connectivity index (χ2n) is 13.6. The van der Waals surface area contributed by atoms with Gasteiger partial charge in [0.15, 0.2) is 6.10 Å². The highest BCUT2D eigenvalue weighted by Crippen LogP contribution is 2.43. The third kappa shape index (κ3) is 31.6. The maximum Gasteiger partial charge on any atom is 0.472 e. The molecule has 0 aliphatic heterocycles. The van der Waals surface area contributed by atoms with Crippen molar-refractivity contribution in [3.8, 4) is 0 Å². The molecule has 274 valence electrons. The number of phosphoric ester groups is 1. The molecule has 0 fully saturated rings. The number of carbonyl (C=O) groups excluding carboxylic acids is 2. The molecule has 3 atom stereocenters. The first-order valence-corrected chi connectivity index (χ1v) is 19.7. The third-order valence-corrected chi connectivity index (χ3v) is 8.82. The van der Waals surface area contributed by atoms with Gasteiger partial charge in [-0.1, -0.05) is 137 Å². The Hall–Kier alpha value is -1.03. The minimum Gasteiger partial charge on any atom is -0.462 e. The lowest BCUT2D eigenvalue weighted by atomic mass is 10.0. The lowest BCUT2D eigenvalue weighted by Gasteiger charge is -2.20. The monoisotopic (exact) mass is 680 g/mol. The quantitative estimate of drug-likeness (QED) is 0.0350. The van der Waals surface area contributed by atoms with Crippen LogP contribution in [0.3, 0.4) is 0 Å². The summed E-state index contributed by atoms with van der Waals surface area (Å²) in [5.74, 6) is 0.610. The van der Waals surface area contributed by atoms with Gasteiger partial charge in [0.1, 0.15) is 12.7 Å². The number of hydrogen-bond acceptors (Lipinski definition) is 9. The van der Waals surface area contributed by atoms with E-state index < -0.39 is 51.8 Å². The standard InChI is InChI=1S/C35H69O10P/c1-30(2)22-18-14-10-7-5-6-8-12-17-21-25-35(39)45-33(29-44-46(40,41)43-27-32(37)26-36)28-42-34(38)24-20-16-13-9-11-15-19-23-31(3)4/h30-33,36-37H,5-29H2,1-4H3,(H,40,41)/t32-,33+/m0/s1. The molecule has 0 bridgehead atoms. The van der Waals surface area contributed by atoms with Crippen LogP contribution in [0.2, 0.25) is 0 Å². The van der Waals surface area contributed by atoms with E-state index >= 15 is 0 Å². The highest BCUT2D eigenvalue weighted by Gasteiger charge is 2.27. The Morgan fingerprint density at radius 1 is 0.587 bits per heavy atom. The Bertz CT molecular complexity index is 776. The van der Waals surface area contributed by atoms with Crippen molar-refractivity contribution >= 4 is 19.8 Å². The van der Waals surface area contributed by atoms with Gasteiger partial charge in [-0.3, -0.25) is 18.6 Å². The van der Waals surface area contributed by atoms with Gasteiger partial charge in [0.05, 0.1) is 19.8 Å². The minimum atomic E-state index is -4.60. The van der Waals surface area contributed by atoms with E-state index in [2.05, 4.69) is 32.2 Å². The van der Waals surface area contributed by atoms with Gasteiger partial charge < -0.3 is 24.6 Å². The number of aliphatic hydroxyl groups is 2. The van der Waals surface area contributed by atoms with Crippen molar-refractivity contribution in [3.05, 3.63) is 0 Å². The van der Waals surface area contributed by atoms with Crippen LogP contribution in [0, 0.1) is 11.8 Å². The summed E-state index contributed by atoms with van der Waals surface area (Å²) in [6, 6.07) is 0. The first-order chi connectivity index (χ1) is 21.9. The number of phosphoric acid groups is 1. The fourth-order valence-corrected chi connectivity index (χ4v) is 5.80. The molecule has 0 aromatic heterocycles. The van der Waals surface area contributed by atoms with Crippen LogP contribution >= 0.6 is 7.82 Å². The Kier molecular flexibility index (Phi) is 29.4. The number of rotatable bonds is 33. The highest BCUT2D eigenvalue weighted by atomic mass is 31.2. The number of ether oxygens (including phenoxy) is 2. The van der Waals surface area contributed by atoms with Gasteiger partial charge in [0, 0.05) is 12.8 Å². The van der Waals surface area contributed by atoms with E-state index in [0.717, 1.165) is 50.4 Å². The Morgan fingerprint density at radius 3 is 1.41 bits per heavy atom. The highest BCUT2D eigenvalue weighted by molar-refractivity contribution is 7.47. The van der Waals surface area contributed by atoms with Crippen LogP contribution in [-0.4, -0.2) is 65.7 Å². The third-order valence-electron chi connectivity index (χ3n) is 7.87. The minimum absolute atomic E-state index is 0.188. The summed E-state index contributed by atoms with van der Waals surface area (Å²) < 4.78 is 32.5. The fraction of sp³-hybridized carbons (Fsp3) is 0.943. The molecule has 0 aromatic carbocycles. The molecule has 0 saturated carbocycles. The lowest BCUT2D eigenvalue weighted by molar-refractivity contribution is -0.161. The SMILES string of the molecule is CC(C)CCCCCCCCCCCCC(=O)O[C@H](COC(=O)CCCCCCCCCC(C)C)COP(=O)(O)OC[C@@H](O)CO. The maximum absolute atomic E-state index is 12.5.